The molecular formula is C11H23N3O3S. The lowest BCUT2D eigenvalue weighted by atomic mass is 9.86. The van der Waals surface area contributed by atoms with Gasteiger partial charge in [0.2, 0.25) is 0 Å². The highest BCUT2D eigenvalue weighted by Gasteiger charge is 2.27. The summed E-state index contributed by atoms with van der Waals surface area (Å²) in [4.78, 5) is 0. The SMILES string of the molecule is CC(C)(CCCNC1CCS(=O)(=O)C1)C(N)=NO. The third-order valence-corrected chi connectivity index (χ3v) is 5.21. The highest BCUT2D eigenvalue weighted by Crippen LogP contribution is 2.22. The van der Waals surface area contributed by atoms with Crippen molar-refractivity contribution in [3.8, 4) is 0 Å². The standard InChI is InChI=1S/C11H23N3O3S/c1-11(2,10(12)14-15)5-3-6-13-9-4-7-18(16,17)8-9/h9,13,15H,3-8H2,1-2H3,(H2,12,14). The van der Waals surface area contributed by atoms with Gasteiger partial charge in [-0.2, -0.15) is 0 Å². The predicted molar refractivity (Wildman–Crippen MR) is 71.5 cm³/mol. The Hall–Kier alpha value is -0.820. The molecule has 0 aromatic rings. The van der Waals surface area contributed by atoms with Gasteiger partial charge in [0.25, 0.3) is 0 Å². The fraction of sp³-hybridized carbons (Fsp3) is 0.909. The number of nitrogens with one attached hydrogen (secondary N) is 1. The van der Waals surface area contributed by atoms with Gasteiger partial charge in [0.05, 0.1) is 11.5 Å². The van der Waals surface area contributed by atoms with Gasteiger partial charge >= 0.3 is 0 Å². The second kappa shape index (κ2) is 5.88. The Kier molecular flexibility index (Phi) is 4.98. The van der Waals surface area contributed by atoms with Crippen LogP contribution in [0.2, 0.25) is 0 Å². The van der Waals surface area contributed by atoms with Crippen LogP contribution in [0.15, 0.2) is 5.16 Å². The van der Waals surface area contributed by atoms with Gasteiger partial charge in [0.1, 0.15) is 5.84 Å². The minimum absolute atomic E-state index is 0.0852. The molecule has 18 heavy (non-hydrogen) atoms. The fourth-order valence-electron chi connectivity index (χ4n) is 2.06. The first-order valence-electron chi connectivity index (χ1n) is 6.19. The normalized spacial score (nSPS) is 24.3. The van der Waals surface area contributed by atoms with E-state index in [2.05, 4.69) is 10.5 Å². The lowest BCUT2D eigenvalue weighted by molar-refractivity contribution is 0.304. The zero-order valence-corrected chi connectivity index (χ0v) is 11.8. The number of rotatable bonds is 6. The monoisotopic (exact) mass is 277 g/mol. The first-order chi connectivity index (χ1) is 8.27. The summed E-state index contributed by atoms with van der Waals surface area (Å²) in [5.41, 5.74) is 5.26. The molecule has 106 valence electrons. The maximum absolute atomic E-state index is 11.3. The van der Waals surface area contributed by atoms with E-state index >= 15 is 0 Å². The molecule has 1 aliphatic rings. The summed E-state index contributed by atoms with van der Waals surface area (Å²) in [6.45, 7) is 4.59. The van der Waals surface area contributed by atoms with Crippen LogP contribution in [0.4, 0.5) is 0 Å². The van der Waals surface area contributed by atoms with Crippen LogP contribution in [0.25, 0.3) is 0 Å². The molecule has 6 nitrogen and oxygen atoms in total. The first kappa shape index (κ1) is 15.2. The van der Waals surface area contributed by atoms with Crippen LogP contribution in [0.3, 0.4) is 0 Å². The fourth-order valence-corrected chi connectivity index (χ4v) is 3.76. The van der Waals surface area contributed by atoms with Gasteiger partial charge in [-0.15, -0.1) is 0 Å². The number of amidine groups is 1. The Morgan fingerprint density at radius 1 is 1.56 bits per heavy atom. The molecule has 0 aromatic carbocycles. The summed E-state index contributed by atoms with van der Waals surface area (Å²) < 4.78 is 22.5. The van der Waals surface area contributed by atoms with Crippen molar-refractivity contribution in [1.82, 2.24) is 5.32 Å². The Bertz CT molecular complexity index is 404. The van der Waals surface area contributed by atoms with Crippen molar-refractivity contribution < 1.29 is 13.6 Å². The molecule has 1 atom stereocenters. The molecule has 0 amide bonds. The van der Waals surface area contributed by atoms with E-state index in [4.69, 9.17) is 10.9 Å². The van der Waals surface area contributed by atoms with Crippen LogP contribution in [0.5, 0.6) is 0 Å². The van der Waals surface area contributed by atoms with Crippen molar-refractivity contribution in [3.63, 3.8) is 0 Å². The molecule has 7 heteroatoms. The number of hydrogen-bond donors (Lipinski definition) is 3. The van der Waals surface area contributed by atoms with Crippen molar-refractivity contribution >= 4 is 15.7 Å². The number of nitrogens with zero attached hydrogens (tertiary/aromatic N) is 1. The maximum Gasteiger partial charge on any atom is 0.151 e. The highest BCUT2D eigenvalue weighted by molar-refractivity contribution is 7.91. The smallest absolute Gasteiger partial charge is 0.151 e. The van der Waals surface area contributed by atoms with Crippen LogP contribution in [-0.2, 0) is 9.84 Å². The zero-order chi connectivity index (χ0) is 13.8. The molecule has 0 aromatic heterocycles. The predicted octanol–water partition coefficient (Wildman–Crippen LogP) is 0.316. The maximum atomic E-state index is 11.3. The molecule has 1 unspecified atom stereocenters. The van der Waals surface area contributed by atoms with Crippen LogP contribution < -0.4 is 11.1 Å². The van der Waals surface area contributed by atoms with Crippen molar-refractivity contribution in [3.05, 3.63) is 0 Å². The van der Waals surface area contributed by atoms with E-state index in [9.17, 15) is 8.42 Å². The van der Waals surface area contributed by atoms with Gasteiger partial charge in [0.15, 0.2) is 9.84 Å². The third kappa shape index (κ3) is 4.45. The van der Waals surface area contributed by atoms with E-state index in [1.165, 1.54) is 0 Å². The van der Waals surface area contributed by atoms with E-state index in [0.29, 0.717) is 12.2 Å². The summed E-state index contributed by atoms with van der Waals surface area (Å²) in [5.74, 6) is 0.766. The van der Waals surface area contributed by atoms with Crippen molar-refractivity contribution in [2.24, 2.45) is 16.3 Å². The molecule has 1 rings (SSSR count). The lowest BCUT2D eigenvalue weighted by Crippen LogP contribution is -2.34. The van der Waals surface area contributed by atoms with E-state index in [1.807, 2.05) is 13.8 Å². The molecule has 0 bridgehead atoms. The van der Waals surface area contributed by atoms with Crippen molar-refractivity contribution in [2.75, 3.05) is 18.1 Å². The van der Waals surface area contributed by atoms with E-state index < -0.39 is 9.84 Å². The number of nitrogens with two attached hydrogens (primary N) is 1. The molecule has 0 radical (unpaired) electrons. The van der Waals surface area contributed by atoms with Crippen molar-refractivity contribution in [1.29, 1.82) is 0 Å². The van der Waals surface area contributed by atoms with Crippen LogP contribution >= 0.6 is 0 Å². The molecule has 0 saturated carbocycles. The largest absolute Gasteiger partial charge is 0.409 e. The Morgan fingerprint density at radius 2 is 2.22 bits per heavy atom. The minimum atomic E-state index is -2.81. The van der Waals surface area contributed by atoms with Gasteiger partial charge in [-0.3, -0.25) is 0 Å². The van der Waals surface area contributed by atoms with Crippen molar-refractivity contribution in [2.45, 2.75) is 39.2 Å². The van der Waals surface area contributed by atoms with E-state index in [-0.39, 0.29) is 23.0 Å². The first-order valence-corrected chi connectivity index (χ1v) is 8.01. The van der Waals surface area contributed by atoms with Gasteiger partial charge in [-0.25, -0.2) is 8.42 Å². The van der Waals surface area contributed by atoms with Crippen LogP contribution in [0.1, 0.15) is 33.1 Å². The molecule has 1 heterocycles. The molecular weight excluding hydrogens is 254 g/mol. The average Bonchev–Trinajstić information content (AvgIpc) is 2.63. The molecule has 1 saturated heterocycles. The quantitative estimate of drug-likeness (QED) is 0.213. The van der Waals surface area contributed by atoms with Gasteiger partial charge < -0.3 is 16.3 Å². The highest BCUT2D eigenvalue weighted by atomic mass is 32.2. The second-order valence-electron chi connectivity index (χ2n) is 5.53. The van der Waals surface area contributed by atoms with Gasteiger partial charge in [-0.05, 0) is 25.8 Å². The number of hydrogen-bond acceptors (Lipinski definition) is 5. The molecule has 4 N–H and O–H groups in total. The third-order valence-electron chi connectivity index (χ3n) is 3.45. The minimum Gasteiger partial charge on any atom is -0.409 e. The lowest BCUT2D eigenvalue weighted by Gasteiger charge is -2.23. The Labute approximate surface area is 109 Å². The van der Waals surface area contributed by atoms with Crippen LogP contribution in [0, 0.1) is 5.41 Å². The molecule has 1 fully saturated rings. The summed E-state index contributed by atoms with van der Waals surface area (Å²) in [7, 11) is -2.81. The van der Waals surface area contributed by atoms with Gasteiger partial charge in [-0.1, -0.05) is 19.0 Å². The number of oxime groups is 1. The number of sulfone groups is 1. The topological polar surface area (TPSA) is 105 Å². The Balaban J connectivity index is 2.24. The summed E-state index contributed by atoms with van der Waals surface area (Å²) >= 11 is 0. The summed E-state index contributed by atoms with van der Waals surface area (Å²) in [6, 6.07) is 0.0852. The van der Waals surface area contributed by atoms with Gasteiger partial charge in [0, 0.05) is 11.5 Å². The summed E-state index contributed by atoms with van der Waals surface area (Å²) in [6.07, 6.45) is 2.35. The molecule has 0 aliphatic carbocycles. The van der Waals surface area contributed by atoms with E-state index in [1.54, 1.807) is 0 Å². The molecule has 1 aliphatic heterocycles. The van der Waals surface area contributed by atoms with Crippen LogP contribution in [-0.4, -0.2) is 43.6 Å². The second-order valence-corrected chi connectivity index (χ2v) is 7.76. The average molecular weight is 277 g/mol. The molecule has 0 spiro atoms. The summed E-state index contributed by atoms with van der Waals surface area (Å²) in [5, 5.41) is 14.9. The van der Waals surface area contributed by atoms with E-state index in [0.717, 1.165) is 19.4 Å². The zero-order valence-electron chi connectivity index (χ0n) is 11.0. The Morgan fingerprint density at radius 3 is 2.72 bits per heavy atom.